The second kappa shape index (κ2) is 3.50. The smallest absolute Gasteiger partial charge is 0.230 e. The summed E-state index contributed by atoms with van der Waals surface area (Å²) in [5, 5.41) is 3.29. The van der Waals surface area contributed by atoms with E-state index in [4.69, 9.17) is 16.3 Å². The van der Waals surface area contributed by atoms with Crippen LogP contribution in [0.4, 0.5) is 5.69 Å². The molecular weight excluding hydrogens is 202 g/mol. The van der Waals surface area contributed by atoms with Crippen molar-refractivity contribution in [1.29, 1.82) is 0 Å². The van der Waals surface area contributed by atoms with Gasteiger partial charge in [-0.05, 0) is 12.1 Å². The van der Waals surface area contributed by atoms with E-state index in [0.29, 0.717) is 23.1 Å². The summed E-state index contributed by atoms with van der Waals surface area (Å²) < 4.78 is 5.45. The Morgan fingerprint density at radius 1 is 1.57 bits per heavy atom. The molecule has 0 aliphatic carbocycles. The van der Waals surface area contributed by atoms with Crippen LogP contribution in [0.15, 0.2) is 18.2 Å². The van der Waals surface area contributed by atoms with E-state index >= 15 is 0 Å². The molecule has 74 valence electrons. The molecule has 1 aromatic rings. The number of rotatable bonds is 0. The lowest BCUT2D eigenvalue weighted by molar-refractivity contribution is -0.119. The van der Waals surface area contributed by atoms with Crippen molar-refractivity contribution in [3.63, 3.8) is 0 Å². The van der Waals surface area contributed by atoms with Crippen molar-refractivity contribution in [3.05, 3.63) is 23.2 Å². The van der Waals surface area contributed by atoms with Gasteiger partial charge in [-0.2, -0.15) is 0 Å². The second-order valence-corrected chi connectivity index (χ2v) is 3.73. The van der Waals surface area contributed by atoms with Gasteiger partial charge in [0.05, 0.1) is 23.2 Å². The molecule has 0 saturated carbocycles. The number of benzene rings is 1. The highest BCUT2D eigenvalue weighted by molar-refractivity contribution is 6.32. The Kier molecular flexibility index (Phi) is 2.33. The van der Waals surface area contributed by atoms with Gasteiger partial charge in [0.25, 0.3) is 0 Å². The minimum absolute atomic E-state index is 0.0361. The molecule has 0 spiro atoms. The van der Waals surface area contributed by atoms with Gasteiger partial charge >= 0.3 is 0 Å². The molecule has 1 unspecified atom stereocenters. The van der Waals surface area contributed by atoms with Crippen molar-refractivity contribution in [1.82, 2.24) is 0 Å². The maximum atomic E-state index is 11.5. The molecule has 1 aliphatic heterocycles. The van der Waals surface area contributed by atoms with Crippen molar-refractivity contribution in [2.75, 3.05) is 11.9 Å². The zero-order chi connectivity index (χ0) is 10.1. The van der Waals surface area contributed by atoms with Crippen LogP contribution in [-0.4, -0.2) is 12.5 Å². The van der Waals surface area contributed by atoms with Gasteiger partial charge in [-0.3, -0.25) is 4.79 Å². The second-order valence-electron chi connectivity index (χ2n) is 3.32. The van der Waals surface area contributed by atoms with E-state index in [1.54, 1.807) is 18.2 Å². The van der Waals surface area contributed by atoms with Crippen LogP contribution in [-0.2, 0) is 4.79 Å². The maximum absolute atomic E-state index is 11.5. The first-order valence-electron chi connectivity index (χ1n) is 4.40. The number of halogens is 1. The Labute approximate surface area is 87.0 Å². The summed E-state index contributed by atoms with van der Waals surface area (Å²) in [6.07, 6.45) is 0. The molecule has 1 aliphatic rings. The number of carbonyl (C=O) groups is 1. The molecule has 0 aromatic heterocycles. The Bertz CT molecular complexity index is 378. The molecule has 1 atom stereocenters. The van der Waals surface area contributed by atoms with Crippen molar-refractivity contribution < 1.29 is 9.53 Å². The first kappa shape index (κ1) is 9.34. The average Bonchev–Trinajstić information content (AvgIpc) is 2.29. The number of nitrogens with one attached hydrogen (secondary N) is 1. The van der Waals surface area contributed by atoms with E-state index in [1.165, 1.54) is 0 Å². The normalized spacial score (nSPS) is 20.4. The lowest BCUT2D eigenvalue weighted by Crippen LogP contribution is -2.21. The molecule has 2 rings (SSSR count). The largest absolute Gasteiger partial charge is 0.489 e. The predicted octanol–water partition coefficient (Wildman–Crippen LogP) is 2.31. The van der Waals surface area contributed by atoms with Gasteiger partial charge in [0.1, 0.15) is 0 Å². The average molecular weight is 212 g/mol. The van der Waals surface area contributed by atoms with E-state index in [0.717, 1.165) is 0 Å². The lowest BCUT2D eigenvalue weighted by Gasteiger charge is -2.07. The fraction of sp³-hybridized carbons (Fsp3) is 0.300. The van der Waals surface area contributed by atoms with Crippen molar-refractivity contribution in [2.24, 2.45) is 5.92 Å². The molecule has 14 heavy (non-hydrogen) atoms. The third kappa shape index (κ3) is 1.55. The molecule has 1 aromatic carbocycles. The first-order valence-corrected chi connectivity index (χ1v) is 4.78. The number of fused-ring (bicyclic) bond motifs is 1. The van der Waals surface area contributed by atoms with Gasteiger partial charge in [0.15, 0.2) is 5.75 Å². The molecular formula is C10H10ClNO2. The number of ether oxygens (including phenoxy) is 1. The third-order valence-corrected chi connectivity index (χ3v) is 2.45. The van der Waals surface area contributed by atoms with Gasteiger partial charge in [-0.1, -0.05) is 24.6 Å². The molecule has 3 nitrogen and oxygen atoms in total. The predicted molar refractivity (Wildman–Crippen MR) is 54.7 cm³/mol. The number of anilines is 1. The van der Waals surface area contributed by atoms with Gasteiger partial charge in [0, 0.05) is 0 Å². The van der Waals surface area contributed by atoms with Crippen molar-refractivity contribution >= 4 is 23.2 Å². The Hall–Kier alpha value is -1.22. The zero-order valence-corrected chi connectivity index (χ0v) is 8.47. The molecule has 1 heterocycles. The molecule has 0 saturated heterocycles. The summed E-state index contributed by atoms with van der Waals surface area (Å²) in [5.74, 6) is 0.372. The van der Waals surface area contributed by atoms with Crippen LogP contribution in [0.2, 0.25) is 5.02 Å². The van der Waals surface area contributed by atoms with Crippen LogP contribution in [0.5, 0.6) is 5.75 Å². The lowest BCUT2D eigenvalue weighted by atomic mass is 10.2. The van der Waals surface area contributed by atoms with Crippen LogP contribution in [0.1, 0.15) is 6.92 Å². The van der Waals surface area contributed by atoms with Crippen LogP contribution in [0.3, 0.4) is 0 Å². The summed E-state index contributed by atoms with van der Waals surface area (Å²) in [7, 11) is 0. The molecule has 0 radical (unpaired) electrons. The summed E-state index contributed by atoms with van der Waals surface area (Å²) in [6, 6.07) is 5.29. The Morgan fingerprint density at radius 3 is 3.14 bits per heavy atom. The highest BCUT2D eigenvalue weighted by Crippen LogP contribution is 2.34. The first-order chi connectivity index (χ1) is 6.68. The minimum Gasteiger partial charge on any atom is -0.489 e. The quantitative estimate of drug-likeness (QED) is 0.715. The van der Waals surface area contributed by atoms with Crippen LogP contribution in [0, 0.1) is 5.92 Å². The number of carbonyl (C=O) groups excluding carboxylic acids is 1. The fourth-order valence-electron chi connectivity index (χ4n) is 1.29. The van der Waals surface area contributed by atoms with E-state index in [1.807, 2.05) is 6.92 Å². The standard InChI is InChI=1S/C10H10ClNO2/c1-6-5-14-9-7(11)3-2-4-8(9)12-10(6)13/h2-4,6H,5H2,1H3,(H,12,13). The van der Waals surface area contributed by atoms with E-state index < -0.39 is 0 Å². The fourth-order valence-corrected chi connectivity index (χ4v) is 1.52. The topological polar surface area (TPSA) is 38.3 Å². The summed E-state index contributed by atoms with van der Waals surface area (Å²) in [5.41, 5.74) is 0.645. The third-order valence-electron chi connectivity index (χ3n) is 2.15. The highest BCUT2D eigenvalue weighted by atomic mass is 35.5. The maximum Gasteiger partial charge on any atom is 0.230 e. The minimum atomic E-state index is -0.154. The molecule has 0 fully saturated rings. The summed E-state index contributed by atoms with van der Waals surface area (Å²) in [6.45, 7) is 2.18. The summed E-state index contributed by atoms with van der Waals surface area (Å²) in [4.78, 5) is 11.5. The number of hydrogen-bond donors (Lipinski definition) is 1. The molecule has 1 amide bonds. The van der Waals surface area contributed by atoms with Gasteiger partial charge in [-0.15, -0.1) is 0 Å². The monoisotopic (exact) mass is 211 g/mol. The van der Waals surface area contributed by atoms with E-state index in [2.05, 4.69) is 5.32 Å². The molecule has 4 heteroatoms. The number of amides is 1. The Balaban J connectivity index is 2.42. The van der Waals surface area contributed by atoms with Crippen LogP contribution >= 0.6 is 11.6 Å². The number of hydrogen-bond acceptors (Lipinski definition) is 2. The zero-order valence-electron chi connectivity index (χ0n) is 7.71. The van der Waals surface area contributed by atoms with Gasteiger partial charge in [0.2, 0.25) is 5.91 Å². The molecule has 0 bridgehead atoms. The summed E-state index contributed by atoms with van der Waals surface area (Å²) >= 11 is 5.93. The van der Waals surface area contributed by atoms with E-state index in [-0.39, 0.29) is 11.8 Å². The van der Waals surface area contributed by atoms with Gasteiger partial charge in [-0.25, -0.2) is 0 Å². The van der Waals surface area contributed by atoms with Crippen molar-refractivity contribution in [2.45, 2.75) is 6.92 Å². The van der Waals surface area contributed by atoms with E-state index in [9.17, 15) is 4.79 Å². The van der Waals surface area contributed by atoms with Gasteiger partial charge < -0.3 is 10.1 Å². The molecule has 1 N–H and O–H groups in total. The van der Waals surface area contributed by atoms with Crippen LogP contribution < -0.4 is 10.1 Å². The Morgan fingerprint density at radius 2 is 2.36 bits per heavy atom. The van der Waals surface area contributed by atoms with Crippen molar-refractivity contribution in [3.8, 4) is 5.75 Å². The highest BCUT2D eigenvalue weighted by Gasteiger charge is 2.21. The number of para-hydroxylation sites is 1. The van der Waals surface area contributed by atoms with Crippen LogP contribution in [0.25, 0.3) is 0 Å². The SMILES string of the molecule is CC1COc2c(Cl)cccc2NC1=O.